The van der Waals surface area contributed by atoms with Gasteiger partial charge in [0.05, 0.1) is 33.7 Å². The lowest BCUT2D eigenvalue weighted by atomic mass is 10.00. The number of rotatable bonds is 7. The predicted octanol–water partition coefficient (Wildman–Crippen LogP) is 10.8. The zero-order valence-electron chi connectivity index (χ0n) is 32.2. The van der Waals surface area contributed by atoms with Gasteiger partial charge in [-0.15, -0.1) is 0 Å². The van der Waals surface area contributed by atoms with Gasteiger partial charge in [0, 0.05) is 38.5 Å². The molecule has 0 spiro atoms. The molecule has 0 saturated carbocycles. The van der Waals surface area contributed by atoms with E-state index in [4.69, 9.17) is 0 Å². The molecule has 2 heterocycles. The first kappa shape index (κ1) is 34.5. The van der Waals surface area contributed by atoms with Crippen LogP contribution in [0.15, 0.2) is 224 Å². The van der Waals surface area contributed by atoms with Gasteiger partial charge in [-0.3, -0.25) is 0 Å². The SMILES string of the molecule is N#Cc1cccc([Si](c2ccccc2)(c2ccccc2)c2cccc(-n3c4ccccc4c4cc(-c5cccc6c7ccccc7n(-c7ccccc7)c56)ccc43)c2)c1. The molecule has 0 unspecified atom stereocenters. The van der Waals surface area contributed by atoms with Gasteiger partial charge in [-0.2, -0.15) is 5.26 Å². The lowest BCUT2D eigenvalue weighted by Gasteiger charge is -2.34. The second-order valence-electron chi connectivity index (χ2n) is 15.2. The van der Waals surface area contributed by atoms with Crippen LogP contribution in [-0.2, 0) is 0 Å². The number of hydrogen-bond acceptors (Lipinski definition) is 1. The quantitative estimate of drug-likeness (QED) is 0.117. The second-order valence-corrected chi connectivity index (χ2v) is 19.0. The molecule has 0 aliphatic carbocycles. The van der Waals surface area contributed by atoms with Gasteiger partial charge in [-0.1, -0.05) is 164 Å². The van der Waals surface area contributed by atoms with Crippen LogP contribution < -0.4 is 20.7 Å². The summed E-state index contributed by atoms with van der Waals surface area (Å²) in [7, 11) is -2.92. The number of para-hydroxylation sites is 4. The molecular weight excluding hydrogens is 731 g/mol. The molecule has 0 aliphatic rings. The Morgan fingerprint density at radius 2 is 0.864 bits per heavy atom. The molecule has 3 nitrogen and oxygen atoms in total. The Bertz CT molecular complexity index is 3350. The molecule has 4 heteroatoms. The Kier molecular flexibility index (Phi) is 8.21. The summed E-state index contributed by atoms with van der Waals surface area (Å²) in [6, 6.07) is 83.6. The van der Waals surface area contributed by atoms with Crippen molar-refractivity contribution in [1.29, 1.82) is 5.26 Å². The largest absolute Gasteiger partial charge is 0.309 e. The summed E-state index contributed by atoms with van der Waals surface area (Å²) in [4.78, 5) is 0. The first-order chi connectivity index (χ1) is 29.2. The number of nitrogens with zero attached hydrogens (tertiary/aromatic N) is 3. The van der Waals surface area contributed by atoms with Crippen LogP contribution in [0.2, 0.25) is 0 Å². The third kappa shape index (κ3) is 5.40. The maximum absolute atomic E-state index is 10.1. The number of hydrogen-bond donors (Lipinski definition) is 0. The van der Waals surface area contributed by atoms with E-state index < -0.39 is 8.07 Å². The van der Waals surface area contributed by atoms with E-state index in [0.717, 1.165) is 22.4 Å². The van der Waals surface area contributed by atoms with Crippen molar-refractivity contribution in [3.8, 4) is 28.6 Å². The van der Waals surface area contributed by atoms with Crippen LogP contribution in [0.3, 0.4) is 0 Å². The first-order valence-electron chi connectivity index (χ1n) is 20.1. The van der Waals surface area contributed by atoms with Gasteiger partial charge < -0.3 is 9.13 Å². The molecule has 0 fully saturated rings. The van der Waals surface area contributed by atoms with Gasteiger partial charge in [-0.05, 0) is 87.0 Å². The van der Waals surface area contributed by atoms with Gasteiger partial charge in [0.1, 0.15) is 0 Å². The molecule has 11 rings (SSSR count). The molecule has 0 saturated heterocycles. The van der Waals surface area contributed by atoms with E-state index in [1.54, 1.807) is 0 Å². The molecule has 276 valence electrons. The summed E-state index contributed by atoms with van der Waals surface area (Å²) in [5.74, 6) is 0. The molecule has 2 aromatic heterocycles. The van der Waals surface area contributed by atoms with Crippen molar-refractivity contribution in [1.82, 2.24) is 9.13 Å². The summed E-state index contributed by atoms with van der Waals surface area (Å²) in [6.07, 6.45) is 0. The highest BCUT2D eigenvalue weighted by atomic mass is 28.3. The van der Waals surface area contributed by atoms with E-state index in [1.807, 2.05) is 12.1 Å². The summed E-state index contributed by atoms with van der Waals surface area (Å²) in [5, 5.41) is 20.0. The van der Waals surface area contributed by atoms with Crippen LogP contribution in [0.4, 0.5) is 0 Å². The predicted molar refractivity (Wildman–Crippen MR) is 249 cm³/mol. The summed E-state index contributed by atoms with van der Waals surface area (Å²) in [5.41, 5.74) is 10.0. The first-order valence-corrected chi connectivity index (χ1v) is 22.1. The van der Waals surface area contributed by atoms with Gasteiger partial charge in [-0.25, -0.2) is 0 Å². The maximum Gasteiger partial charge on any atom is 0.179 e. The third-order valence-corrected chi connectivity index (χ3v) is 16.8. The Balaban J connectivity index is 1.15. The number of benzene rings is 9. The van der Waals surface area contributed by atoms with E-state index in [1.165, 1.54) is 64.5 Å². The molecule has 59 heavy (non-hydrogen) atoms. The minimum Gasteiger partial charge on any atom is -0.309 e. The fourth-order valence-electron chi connectivity index (χ4n) is 9.59. The molecule has 0 aliphatic heterocycles. The van der Waals surface area contributed by atoms with Crippen LogP contribution in [0.5, 0.6) is 0 Å². The van der Waals surface area contributed by atoms with E-state index in [2.05, 4.69) is 228 Å². The Hall–Kier alpha value is -7.71. The smallest absolute Gasteiger partial charge is 0.179 e. The van der Waals surface area contributed by atoms with Crippen molar-refractivity contribution >= 4 is 72.4 Å². The highest BCUT2D eigenvalue weighted by Crippen LogP contribution is 2.40. The van der Waals surface area contributed by atoms with E-state index in [-0.39, 0.29) is 0 Å². The Morgan fingerprint density at radius 1 is 0.356 bits per heavy atom. The molecule has 11 aromatic rings. The maximum atomic E-state index is 10.1. The minimum atomic E-state index is -2.92. The standard InChI is InChI=1S/C55H37N3Si/c56-38-39-17-14-25-45(35-39)59(43-21-6-2-7-22-43,44-23-8-3-9-24-44)46-26-15-20-42(37-46)57-52-31-12-11-28-49(52)51-36-40(33-34-54(51)57)47-29-16-30-50-48-27-10-13-32-53(48)58(55(47)50)41-18-4-1-5-19-41/h1-37H. The van der Waals surface area contributed by atoms with E-state index in [0.29, 0.717) is 5.56 Å². The van der Waals surface area contributed by atoms with E-state index in [9.17, 15) is 5.26 Å². The lowest BCUT2D eigenvalue weighted by Crippen LogP contribution is -2.74. The number of nitriles is 1. The van der Waals surface area contributed by atoms with Crippen LogP contribution in [-0.4, -0.2) is 17.2 Å². The molecule has 0 radical (unpaired) electrons. The normalized spacial score (nSPS) is 11.7. The van der Waals surface area contributed by atoms with Crippen LogP contribution in [0.25, 0.3) is 66.1 Å². The monoisotopic (exact) mass is 767 g/mol. The Morgan fingerprint density at radius 3 is 1.56 bits per heavy atom. The van der Waals surface area contributed by atoms with Crippen LogP contribution in [0.1, 0.15) is 5.56 Å². The van der Waals surface area contributed by atoms with Crippen molar-refractivity contribution in [2.45, 2.75) is 0 Å². The third-order valence-electron chi connectivity index (χ3n) is 12.1. The van der Waals surface area contributed by atoms with Crippen molar-refractivity contribution < 1.29 is 0 Å². The van der Waals surface area contributed by atoms with Gasteiger partial charge >= 0.3 is 0 Å². The van der Waals surface area contributed by atoms with Crippen molar-refractivity contribution in [2.24, 2.45) is 0 Å². The topological polar surface area (TPSA) is 33.6 Å². The molecule has 9 aromatic carbocycles. The number of aromatic nitrogens is 2. The second kappa shape index (κ2) is 14.0. The van der Waals surface area contributed by atoms with Gasteiger partial charge in [0.25, 0.3) is 0 Å². The zero-order chi connectivity index (χ0) is 39.3. The summed E-state index contributed by atoms with van der Waals surface area (Å²) >= 11 is 0. The molecule has 0 atom stereocenters. The highest BCUT2D eigenvalue weighted by Gasteiger charge is 2.41. The van der Waals surface area contributed by atoms with Crippen molar-refractivity contribution in [3.63, 3.8) is 0 Å². The summed E-state index contributed by atoms with van der Waals surface area (Å²) in [6.45, 7) is 0. The number of fused-ring (bicyclic) bond motifs is 6. The van der Waals surface area contributed by atoms with Crippen LogP contribution in [0, 0.1) is 11.3 Å². The highest BCUT2D eigenvalue weighted by molar-refractivity contribution is 7.19. The fourth-order valence-corrected chi connectivity index (χ4v) is 14.4. The summed E-state index contributed by atoms with van der Waals surface area (Å²) < 4.78 is 4.85. The fraction of sp³-hybridized carbons (Fsp3) is 0. The van der Waals surface area contributed by atoms with Crippen molar-refractivity contribution in [3.05, 3.63) is 230 Å². The van der Waals surface area contributed by atoms with Crippen molar-refractivity contribution in [2.75, 3.05) is 0 Å². The molecule has 0 bridgehead atoms. The van der Waals surface area contributed by atoms with Gasteiger partial charge in [0.15, 0.2) is 8.07 Å². The van der Waals surface area contributed by atoms with E-state index >= 15 is 0 Å². The lowest BCUT2D eigenvalue weighted by molar-refractivity contribution is 1.18. The average molecular weight is 768 g/mol. The Labute approximate surface area is 343 Å². The zero-order valence-corrected chi connectivity index (χ0v) is 33.2. The minimum absolute atomic E-state index is 0.667. The van der Waals surface area contributed by atoms with Crippen LogP contribution >= 0.6 is 0 Å². The van der Waals surface area contributed by atoms with Gasteiger partial charge in [0.2, 0.25) is 0 Å². The average Bonchev–Trinajstić information content (AvgIpc) is 3.83. The molecular formula is C55H37N3Si. The molecule has 0 N–H and O–H groups in total. The molecule has 0 amide bonds.